The van der Waals surface area contributed by atoms with Gasteiger partial charge in [-0.3, -0.25) is 5.10 Å². The quantitative estimate of drug-likeness (QED) is 0.397. The molecule has 0 aromatic carbocycles. The molecule has 0 unspecified atom stereocenters. The Labute approximate surface area is 57.3 Å². The fourth-order valence-corrected chi connectivity index (χ4v) is 0.540. The predicted octanol–water partition coefficient (Wildman–Crippen LogP) is -1.62. The smallest absolute Gasteiger partial charge is 0.239 e. The summed E-state index contributed by atoms with van der Waals surface area (Å²) in [5.41, 5.74) is 10.5. The summed E-state index contributed by atoms with van der Waals surface area (Å²) in [4.78, 5) is 3.71. The van der Waals surface area contributed by atoms with Crippen LogP contribution in [-0.2, 0) is 0 Å². The van der Waals surface area contributed by atoms with Crippen molar-refractivity contribution >= 4 is 5.95 Å². The Hall–Kier alpha value is -1.14. The molecule has 1 atom stereocenters. The minimum atomic E-state index is -0.523. The van der Waals surface area contributed by atoms with E-state index in [1.807, 2.05) is 0 Å². The largest absolute Gasteiger partial charge is 0.394 e. The summed E-state index contributed by atoms with van der Waals surface area (Å²) in [7, 11) is 0. The summed E-state index contributed by atoms with van der Waals surface area (Å²) in [5.74, 6) is 0.541. The lowest BCUT2D eigenvalue weighted by Crippen LogP contribution is -2.16. The van der Waals surface area contributed by atoms with Crippen molar-refractivity contribution in [2.24, 2.45) is 5.73 Å². The number of nitrogen functional groups attached to an aromatic ring is 1. The summed E-state index contributed by atoms with van der Waals surface area (Å²) >= 11 is 0. The molecule has 0 fully saturated rings. The van der Waals surface area contributed by atoms with E-state index in [9.17, 15) is 0 Å². The van der Waals surface area contributed by atoms with Crippen molar-refractivity contribution in [3.63, 3.8) is 0 Å². The first-order valence-electron chi connectivity index (χ1n) is 2.78. The highest BCUT2D eigenvalue weighted by atomic mass is 16.3. The fourth-order valence-electron chi connectivity index (χ4n) is 0.540. The molecule has 56 valence electrons. The van der Waals surface area contributed by atoms with E-state index < -0.39 is 6.04 Å². The van der Waals surface area contributed by atoms with Gasteiger partial charge in [0, 0.05) is 0 Å². The van der Waals surface area contributed by atoms with Gasteiger partial charge in [-0.1, -0.05) is 0 Å². The van der Waals surface area contributed by atoms with Crippen molar-refractivity contribution in [1.29, 1.82) is 0 Å². The lowest BCUT2D eigenvalue weighted by atomic mass is 10.3. The Morgan fingerprint density at radius 3 is 2.80 bits per heavy atom. The van der Waals surface area contributed by atoms with Gasteiger partial charge in [0.2, 0.25) is 5.95 Å². The van der Waals surface area contributed by atoms with Crippen molar-refractivity contribution in [2.75, 3.05) is 12.3 Å². The zero-order chi connectivity index (χ0) is 7.56. The van der Waals surface area contributed by atoms with Gasteiger partial charge in [0.1, 0.15) is 5.82 Å². The van der Waals surface area contributed by atoms with Gasteiger partial charge in [-0.2, -0.15) is 4.98 Å². The molecule has 0 aliphatic carbocycles. The van der Waals surface area contributed by atoms with Crippen molar-refractivity contribution < 1.29 is 5.11 Å². The maximum Gasteiger partial charge on any atom is 0.239 e. The molecule has 0 bridgehead atoms. The summed E-state index contributed by atoms with van der Waals surface area (Å²) < 4.78 is 0. The van der Waals surface area contributed by atoms with Crippen molar-refractivity contribution in [3.8, 4) is 0 Å². The first-order valence-corrected chi connectivity index (χ1v) is 2.78. The number of aliphatic hydroxyl groups excluding tert-OH is 1. The molecule has 6 nitrogen and oxygen atoms in total. The van der Waals surface area contributed by atoms with Gasteiger partial charge in [0.25, 0.3) is 0 Å². The average Bonchev–Trinajstić information content (AvgIpc) is 2.34. The van der Waals surface area contributed by atoms with E-state index in [2.05, 4.69) is 15.2 Å². The number of aromatic amines is 1. The SMILES string of the molecule is Nc1n[nH]c([C@@H](N)CO)n1. The van der Waals surface area contributed by atoms with E-state index in [1.165, 1.54) is 0 Å². The Balaban J connectivity index is 2.74. The minimum Gasteiger partial charge on any atom is -0.394 e. The van der Waals surface area contributed by atoms with Crippen LogP contribution in [0.25, 0.3) is 0 Å². The molecule has 6 heteroatoms. The Kier molecular flexibility index (Phi) is 1.83. The maximum absolute atomic E-state index is 8.54. The molecular weight excluding hydrogens is 134 g/mol. The number of nitrogens with two attached hydrogens (primary N) is 2. The zero-order valence-corrected chi connectivity index (χ0v) is 5.28. The third-order valence-electron chi connectivity index (χ3n) is 1.07. The van der Waals surface area contributed by atoms with Crippen LogP contribution in [0.15, 0.2) is 0 Å². The zero-order valence-electron chi connectivity index (χ0n) is 5.28. The standard InChI is InChI=1S/C4H9N5O/c5-2(1-10)3-7-4(6)9-8-3/h2,10H,1,5H2,(H3,6,7,8,9)/t2-/m0/s1. The van der Waals surface area contributed by atoms with Crippen LogP contribution in [0.1, 0.15) is 11.9 Å². The molecule has 10 heavy (non-hydrogen) atoms. The molecule has 0 aliphatic rings. The van der Waals surface area contributed by atoms with E-state index >= 15 is 0 Å². The van der Waals surface area contributed by atoms with Crippen LogP contribution in [0, 0.1) is 0 Å². The molecular formula is C4H9N5O. The predicted molar refractivity (Wildman–Crippen MR) is 34.8 cm³/mol. The number of nitrogens with one attached hydrogen (secondary N) is 1. The van der Waals surface area contributed by atoms with Crippen LogP contribution in [0.3, 0.4) is 0 Å². The van der Waals surface area contributed by atoms with Crippen LogP contribution in [-0.4, -0.2) is 26.9 Å². The molecule has 0 saturated carbocycles. The van der Waals surface area contributed by atoms with E-state index in [0.29, 0.717) is 5.82 Å². The lowest BCUT2D eigenvalue weighted by molar-refractivity contribution is 0.263. The number of hydrogen-bond acceptors (Lipinski definition) is 5. The molecule has 0 amide bonds. The highest BCUT2D eigenvalue weighted by Crippen LogP contribution is 2.02. The van der Waals surface area contributed by atoms with Gasteiger partial charge in [-0.15, -0.1) is 5.10 Å². The second-order valence-electron chi connectivity index (χ2n) is 1.87. The van der Waals surface area contributed by atoms with Gasteiger partial charge in [-0.05, 0) is 0 Å². The maximum atomic E-state index is 8.54. The molecule has 0 saturated heterocycles. The molecule has 6 N–H and O–H groups in total. The molecule has 0 aliphatic heterocycles. The second-order valence-corrected chi connectivity index (χ2v) is 1.87. The first-order chi connectivity index (χ1) is 4.74. The third-order valence-corrected chi connectivity index (χ3v) is 1.07. The summed E-state index contributed by atoms with van der Waals surface area (Å²) in [6.07, 6.45) is 0. The third kappa shape index (κ3) is 1.23. The number of H-pyrrole nitrogens is 1. The number of aromatic nitrogens is 3. The minimum absolute atomic E-state index is 0.138. The van der Waals surface area contributed by atoms with E-state index in [1.54, 1.807) is 0 Å². The summed E-state index contributed by atoms with van der Waals surface area (Å²) in [6.45, 7) is -0.172. The van der Waals surface area contributed by atoms with Crippen molar-refractivity contribution in [3.05, 3.63) is 5.82 Å². The summed E-state index contributed by atoms with van der Waals surface area (Å²) in [6, 6.07) is -0.523. The average molecular weight is 143 g/mol. The Morgan fingerprint density at radius 1 is 1.70 bits per heavy atom. The molecule has 0 radical (unpaired) electrons. The Bertz CT molecular complexity index is 209. The van der Waals surface area contributed by atoms with Gasteiger partial charge >= 0.3 is 0 Å². The summed E-state index contributed by atoms with van der Waals surface area (Å²) in [5, 5.41) is 14.6. The topological polar surface area (TPSA) is 114 Å². The van der Waals surface area contributed by atoms with E-state index in [-0.39, 0.29) is 12.6 Å². The lowest BCUT2D eigenvalue weighted by Gasteiger charge is -2.00. The monoisotopic (exact) mass is 143 g/mol. The second kappa shape index (κ2) is 2.63. The Morgan fingerprint density at radius 2 is 2.40 bits per heavy atom. The number of rotatable bonds is 2. The number of hydrogen-bond donors (Lipinski definition) is 4. The highest BCUT2D eigenvalue weighted by molar-refractivity contribution is 5.13. The normalized spacial score (nSPS) is 13.4. The van der Waals surface area contributed by atoms with Crippen LogP contribution in [0.2, 0.25) is 0 Å². The molecule has 1 aromatic heterocycles. The number of aliphatic hydroxyl groups is 1. The molecule has 1 heterocycles. The van der Waals surface area contributed by atoms with Gasteiger partial charge in [-0.25, -0.2) is 0 Å². The van der Waals surface area contributed by atoms with Gasteiger partial charge in [0.05, 0.1) is 12.6 Å². The van der Waals surface area contributed by atoms with Crippen molar-refractivity contribution in [1.82, 2.24) is 15.2 Å². The van der Waals surface area contributed by atoms with Crippen LogP contribution in [0.5, 0.6) is 0 Å². The van der Waals surface area contributed by atoms with Gasteiger partial charge in [0.15, 0.2) is 0 Å². The fraction of sp³-hybridized carbons (Fsp3) is 0.500. The molecule has 1 aromatic rings. The van der Waals surface area contributed by atoms with Crippen LogP contribution in [0.4, 0.5) is 5.95 Å². The number of anilines is 1. The van der Waals surface area contributed by atoms with Crippen LogP contribution < -0.4 is 11.5 Å². The molecule has 1 rings (SSSR count). The van der Waals surface area contributed by atoms with E-state index in [4.69, 9.17) is 16.6 Å². The van der Waals surface area contributed by atoms with Crippen molar-refractivity contribution in [2.45, 2.75) is 6.04 Å². The van der Waals surface area contributed by atoms with E-state index in [0.717, 1.165) is 0 Å². The van der Waals surface area contributed by atoms with Gasteiger partial charge < -0.3 is 16.6 Å². The highest BCUT2D eigenvalue weighted by Gasteiger charge is 2.07. The first kappa shape index (κ1) is 6.97. The molecule has 0 spiro atoms. The number of nitrogens with zero attached hydrogens (tertiary/aromatic N) is 2. The van der Waals surface area contributed by atoms with Crippen LogP contribution >= 0.6 is 0 Å².